The van der Waals surface area contributed by atoms with Crippen molar-refractivity contribution >= 4 is 29.7 Å². The maximum Gasteiger partial charge on any atom is 0.322 e. The number of aliphatic hydroxyl groups excluding tert-OH is 1. The highest BCUT2D eigenvalue weighted by atomic mass is 16.4. The van der Waals surface area contributed by atoms with Crippen molar-refractivity contribution < 1.29 is 39.3 Å². The Hall–Kier alpha value is -2.73. The lowest BCUT2D eigenvalue weighted by Crippen LogP contribution is -2.57. The molecule has 0 radical (unpaired) electrons. The van der Waals surface area contributed by atoms with Crippen molar-refractivity contribution in [2.45, 2.75) is 44.5 Å². The molecule has 0 heterocycles. The third kappa shape index (κ3) is 8.62. The van der Waals surface area contributed by atoms with Gasteiger partial charge in [0.2, 0.25) is 17.7 Å². The van der Waals surface area contributed by atoms with Crippen LogP contribution in [0.15, 0.2) is 0 Å². The first-order valence-electron chi connectivity index (χ1n) is 7.21. The zero-order chi connectivity index (χ0) is 19.7. The molecule has 4 unspecified atom stereocenters. The highest BCUT2D eigenvalue weighted by Gasteiger charge is 2.29. The number of carboxylic acids is 2. The van der Waals surface area contributed by atoms with Gasteiger partial charge in [-0.15, -0.1) is 0 Å². The number of amides is 3. The highest BCUT2D eigenvalue weighted by Crippen LogP contribution is 1.98. The van der Waals surface area contributed by atoms with Crippen LogP contribution in [0.3, 0.4) is 0 Å². The van der Waals surface area contributed by atoms with E-state index in [0.717, 1.165) is 0 Å². The molecule has 0 aromatic heterocycles. The number of nitrogens with two attached hydrogens (primary N) is 1. The molecule has 12 nitrogen and oxygen atoms in total. The lowest BCUT2D eigenvalue weighted by molar-refractivity contribution is -0.141. The molecular weight excluding hydrogens is 340 g/mol. The van der Waals surface area contributed by atoms with Gasteiger partial charge in [0, 0.05) is 0 Å². The number of hydrogen-bond donors (Lipinski definition) is 7. The SMILES string of the molecule is CC(NC(=O)C(CC(=O)O)NC(=O)C(N)C(C)O)C(=O)NCC(=O)O. The van der Waals surface area contributed by atoms with E-state index in [0.29, 0.717) is 0 Å². The van der Waals surface area contributed by atoms with E-state index in [2.05, 4.69) is 10.6 Å². The van der Waals surface area contributed by atoms with Crippen LogP contribution in [0.2, 0.25) is 0 Å². The molecule has 0 aliphatic heterocycles. The molecule has 0 rings (SSSR count). The zero-order valence-electron chi connectivity index (χ0n) is 13.7. The largest absolute Gasteiger partial charge is 0.481 e. The van der Waals surface area contributed by atoms with Crippen LogP contribution in [0.25, 0.3) is 0 Å². The summed E-state index contributed by atoms with van der Waals surface area (Å²) in [5, 5.41) is 32.8. The Morgan fingerprint density at radius 2 is 1.48 bits per heavy atom. The average Bonchev–Trinajstić information content (AvgIpc) is 2.49. The number of aliphatic hydroxyl groups is 1. The van der Waals surface area contributed by atoms with Crippen LogP contribution in [0.4, 0.5) is 0 Å². The average molecular weight is 362 g/mol. The number of carboxylic acid groups (broad SMARTS) is 2. The summed E-state index contributed by atoms with van der Waals surface area (Å²) in [6.07, 6.45) is -2.01. The van der Waals surface area contributed by atoms with Gasteiger partial charge in [-0.05, 0) is 13.8 Å². The fourth-order valence-corrected chi connectivity index (χ4v) is 1.57. The molecule has 0 aromatic rings. The second kappa shape index (κ2) is 10.2. The Kier molecular flexibility index (Phi) is 9.09. The van der Waals surface area contributed by atoms with Crippen molar-refractivity contribution in [3.8, 4) is 0 Å². The van der Waals surface area contributed by atoms with E-state index in [1.165, 1.54) is 13.8 Å². The Bertz CT molecular complexity index is 536. The molecule has 0 aliphatic carbocycles. The molecule has 0 saturated heterocycles. The summed E-state index contributed by atoms with van der Waals surface area (Å²) in [7, 11) is 0. The first-order chi connectivity index (χ1) is 11.5. The molecule has 0 aliphatic rings. The number of aliphatic carboxylic acids is 2. The molecule has 12 heteroatoms. The van der Waals surface area contributed by atoms with Crippen molar-refractivity contribution in [1.82, 2.24) is 16.0 Å². The van der Waals surface area contributed by atoms with Crippen LogP contribution in [0.1, 0.15) is 20.3 Å². The molecule has 4 atom stereocenters. The molecule has 0 bridgehead atoms. The third-order valence-electron chi connectivity index (χ3n) is 3.00. The van der Waals surface area contributed by atoms with Gasteiger partial charge in [0.05, 0.1) is 12.5 Å². The predicted octanol–water partition coefficient (Wildman–Crippen LogP) is -3.64. The van der Waals surface area contributed by atoms with Crippen molar-refractivity contribution in [3.63, 3.8) is 0 Å². The minimum absolute atomic E-state index is 0.655. The number of carbonyl (C=O) groups excluding carboxylic acids is 3. The van der Waals surface area contributed by atoms with Crippen LogP contribution in [0, 0.1) is 0 Å². The minimum Gasteiger partial charge on any atom is -0.481 e. The normalized spacial score (nSPS) is 15.2. The van der Waals surface area contributed by atoms with Gasteiger partial charge in [-0.1, -0.05) is 0 Å². The number of hydrogen-bond acceptors (Lipinski definition) is 7. The van der Waals surface area contributed by atoms with Crippen molar-refractivity contribution in [3.05, 3.63) is 0 Å². The van der Waals surface area contributed by atoms with E-state index >= 15 is 0 Å². The van der Waals surface area contributed by atoms with E-state index in [9.17, 15) is 29.1 Å². The van der Waals surface area contributed by atoms with Crippen molar-refractivity contribution in [1.29, 1.82) is 0 Å². The zero-order valence-corrected chi connectivity index (χ0v) is 13.7. The molecule has 0 saturated carbocycles. The monoisotopic (exact) mass is 362 g/mol. The minimum atomic E-state index is -1.54. The van der Waals surface area contributed by atoms with Gasteiger partial charge in [-0.3, -0.25) is 24.0 Å². The van der Waals surface area contributed by atoms with E-state index in [4.69, 9.17) is 15.9 Å². The van der Waals surface area contributed by atoms with Crippen LogP contribution in [-0.4, -0.2) is 75.8 Å². The fraction of sp³-hybridized carbons (Fsp3) is 0.615. The summed E-state index contributed by atoms with van der Waals surface area (Å²) in [4.78, 5) is 56.6. The summed E-state index contributed by atoms with van der Waals surface area (Å²) in [6.45, 7) is 1.83. The van der Waals surface area contributed by atoms with E-state index in [1.807, 2.05) is 5.32 Å². The lowest BCUT2D eigenvalue weighted by Gasteiger charge is -2.22. The summed E-state index contributed by atoms with van der Waals surface area (Å²) in [5.41, 5.74) is 5.40. The Morgan fingerprint density at radius 3 is 1.92 bits per heavy atom. The van der Waals surface area contributed by atoms with Gasteiger partial charge in [-0.2, -0.15) is 0 Å². The molecule has 142 valence electrons. The molecule has 0 fully saturated rings. The summed E-state index contributed by atoms with van der Waals surface area (Å²) in [5.74, 6) is -5.41. The Morgan fingerprint density at radius 1 is 0.920 bits per heavy atom. The summed E-state index contributed by atoms with van der Waals surface area (Å²) < 4.78 is 0. The number of carbonyl (C=O) groups is 5. The smallest absolute Gasteiger partial charge is 0.322 e. The number of rotatable bonds is 10. The first-order valence-corrected chi connectivity index (χ1v) is 7.21. The standard InChI is InChI=1S/C13H22N4O8/c1-5(11(23)15-4-9(21)22)16-12(24)7(3-8(19)20)17-13(25)10(14)6(2)18/h5-7,10,18H,3-4,14H2,1-2H3,(H,15,23)(H,16,24)(H,17,25)(H,19,20)(H,21,22). The topological polar surface area (TPSA) is 208 Å². The maximum absolute atomic E-state index is 12.1. The van der Waals surface area contributed by atoms with Gasteiger partial charge in [-0.25, -0.2) is 0 Å². The summed E-state index contributed by atoms with van der Waals surface area (Å²) >= 11 is 0. The highest BCUT2D eigenvalue weighted by molar-refractivity contribution is 5.95. The van der Waals surface area contributed by atoms with Gasteiger partial charge in [0.25, 0.3) is 0 Å². The van der Waals surface area contributed by atoms with Crippen LogP contribution < -0.4 is 21.7 Å². The fourth-order valence-electron chi connectivity index (χ4n) is 1.57. The second-order valence-corrected chi connectivity index (χ2v) is 5.27. The Labute approximate surface area is 142 Å². The number of nitrogens with one attached hydrogen (secondary N) is 3. The van der Waals surface area contributed by atoms with Crippen LogP contribution in [-0.2, 0) is 24.0 Å². The van der Waals surface area contributed by atoms with Crippen molar-refractivity contribution in [2.24, 2.45) is 5.73 Å². The molecule has 0 spiro atoms. The van der Waals surface area contributed by atoms with E-state index in [-0.39, 0.29) is 0 Å². The second-order valence-electron chi connectivity index (χ2n) is 5.27. The molecular formula is C13H22N4O8. The molecule has 0 aromatic carbocycles. The van der Waals surface area contributed by atoms with Crippen molar-refractivity contribution in [2.75, 3.05) is 6.54 Å². The van der Waals surface area contributed by atoms with E-state index in [1.54, 1.807) is 0 Å². The maximum atomic E-state index is 12.1. The van der Waals surface area contributed by atoms with Gasteiger partial charge < -0.3 is 37.0 Å². The first kappa shape index (κ1) is 22.3. The quantitative estimate of drug-likeness (QED) is 0.204. The molecule has 8 N–H and O–H groups in total. The summed E-state index contributed by atoms with van der Waals surface area (Å²) in [6, 6.07) is -4.09. The van der Waals surface area contributed by atoms with Gasteiger partial charge in [0.1, 0.15) is 24.7 Å². The van der Waals surface area contributed by atoms with Gasteiger partial charge in [0.15, 0.2) is 0 Å². The van der Waals surface area contributed by atoms with Crippen LogP contribution >= 0.6 is 0 Å². The lowest BCUT2D eigenvalue weighted by atomic mass is 10.1. The predicted molar refractivity (Wildman–Crippen MR) is 82.1 cm³/mol. The van der Waals surface area contributed by atoms with E-state index < -0.39 is 66.9 Å². The molecule has 3 amide bonds. The third-order valence-corrected chi connectivity index (χ3v) is 3.00. The van der Waals surface area contributed by atoms with Crippen LogP contribution in [0.5, 0.6) is 0 Å². The Balaban J connectivity index is 4.88. The molecule has 25 heavy (non-hydrogen) atoms. The van der Waals surface area contributed by atoms with Gasteiger partial charge >= 0.3 is 11.9 Å².